The largest absolute Gasteiger partial charge is 0.441 e. The number of halogens is 2. The zero-order chi connectivity index (χ0) is 21.8. The fourth-order valence-electron chi connectivity index (χ4n) is 2.93. The molecule has 2 aromatic heterocycles. The highest BCUT2D eigenvalue weighted by atomic mass is 19.1. The number of benzene rings is 2. The van der Waals surface area contributed by atoms with E-state index in [4.69, 9.17) is 8.94 Å². The molecule has 158 valence electrons. The molecule has 2 aromatic carbocycles. The number of rotatable bonds is 7. The molecule has 7 nitrogen and oxygen atoms in total. The molecule has 1 amide bonds. The fourth-order valence-corrected chi connectivity index (χ4v) is 2.93. The van der Waals surface area contributed by atoms with Crippen molar-refractivity contribution < 1.29 is 22.5 Å². The number of nitrogens with one attached hydrogen (secondary N) is 1. The zero-order valence-corrected chi connectivity index (χ0v) is 16.5. The molecule has 1 N–H and O–H groups in total. The molecular weight excluding hydrogens is 406 g/mol. The molecule has 0 saturated heterocycles. The van der Waals surface area contributed by atoms with E-state index >= 15 is 0 Å². The van der Waals surface area contributed by atoms with E-state index < -0.39 is 11.9 Å². The van der Waals surface area contributed by atoms with Crippen LogP contribution in [0.5, 0.6) is 0 Å². The standard InChI is InChI=1S/C22H18F2N4O3/c1-13(22-27-21(28-31-22)14-6-8-15(23)9-7-14)26-19(29)10-11-20-25-12-18(30-20)16-4-2-3-5-17(16)24/h2-9,12-13H,10-11H2,1H3,(H,26,29). The van der Waals surface area contributed by atoms with Crippen LogP contribution in [0.2, 0.25) is 0 Å². The Kier molecular flexibility index (Phi) is 5.83. The molecule has 0 radical (unpaired) electrons. The third-order valence-corrected chi connectivity index (χ3v) is 4.55. The molecule has 0 aliphatic heterocycles. The number of hydrogen-bond acceptors (Lipinski definition) is 6. The van der Waals surface area contributed by atoms with E-state index in [1.165, 1.54) is 24.4 Å². The Labute approximate surface area is 176 Å². The summed E-state index contributed by atoms with van der Waals surface area (Å²) >= 11 is 0. The maximum absolute atomic E-state index is 13.8. The molecule has 0 aliphatic rings. The summed E-state index contributed by atoms with van der Waals surface area (Å²) in [6.07, 6.45) is 1.79. The average Bonchev–Trinajstić information content (AvgIpc) is 3.43. The summed E-state index contributed by atoms with van der Waals surface area (Å²) in [6.45, 7) is 1.71. The molecule has 4 aromatic rings. The number of hydrogen-bond donors (Lipinski definition) is 1. The van der Waals surface area contributed by atoms with Gasteiger partial charge in [0.25, 0.3) is 0 Å². The summed E-state index contributed by atoms with van der Waals surface area (Å²) in [7, 11) is 0. The van der Waals surface area contributed by atoms with Crippen molar-refractivity contribution in [3.8, 4) is 22.7 Å². The van der Waals surface area contributed by atoms with Crippen molar-refractivity contribution in [1.82, 2.24) is 20.4 Å². The molecule has 0 saturated carbocycles. The number of nitrogens with zero attached hydrogens (tertiary/aromatic N) is 3. The number of carbonyl (C=O) groups excluding carboxylic acids is 1. The number of aryl methyl sites for hydroxylation is 1. The Balaban J connectivity index is 1.32. The summed E-state index contributed by atoms with van der Waals surface area (Å²) in [6, 6.07) is 11.4. The first kappa shape index (κ1) is 20.4. The van der Waals surface area contributed by atoms with Crippen molar-refractivity contribution in [2.75, 3.05) is 0 Å². The van der Waals surface area contributed by atoms with Gasteiger partial charge in [-0.2, -0.15) is 4.98 Å². The minimum absolute atomic E-state index is 0.112. The van der Waals surface area contributed by atoms with E-state index in [1.54, 1.807) is 37.3 Å². The second kappa shape index (κ2) is 8.86. The summed E-state index contributed by atoms with van der Waals surface area (Å²) in [4.78, 5) is 20.6. The Morgan fingerprint density at radius 1 is 1.13 bits per heavy atom. The molecule has 0 fully saturated rings. The number of amides is 1. The van der Waals surface area contributed by atoms with Gasteiger partial charge in [0.1, 0.15) is 17.7 Å². The van der Waals surface area contributed by atoms with Crippen molar-refractivity contribution in [2.24, 2.45) is 0 Å². The lowest BCUT2D eigenvalue weighted by Gasteiger charge is -2.08. The van der Waals surface area contributed by atoms with Gasteiger partial charge in [-0.3, -0.25) is 4.79 Å². The van der Waals surface area contributed by atoms with E-state index in [0.717, 1.165) is 0 Å². The lowest BCUT2D eigenvalue weighted by atomic mass is 10.2. The Morgan fingerprint density at radius 2 is 1.90 bits per heavy atom. The van der Waals surface area contributed by atoms with Crippen molar-refractivity contribution in [3.63, 3.8) is 0 Å². The van der Waals surface area contributed by atoms with Gasteiger partial charge in [-0.15, -0.1) is 0 Å². The highest BCUT2D eigenvalue weighted by molar-refractivity contribution is 5.76. The van der Waals surface area contributed by atoms with Crippen molar-refractivity contribution in [2.45, 2.75) is 25.8 Å². The predicted molar refractivity (Wildman–Crippen MR) is 106 cm³/mol. The van der Waals surface area contributed by atoms with Crippen LogP contribution in [0.15, 0.2) is 63.7 Å². The van der Waals surface area contributed by atoms with E-state index in [0.29, 0.717) is 28.6 Å². The maximum atomic E-state index is 13.8. The average molecular weight is 424 g/mol. The van der Waals surface area contributed by atoms with Crippen LogP contribution >= 0.6 is 0 Å². The van der Waals surface area contributed by atoms with Gasteiger partial charge in [-0.25, -0.2) is 13.8 Å². The lowest BCUT2D eigenvalue weighted by Crippen LogP contribution is -2.27. The molecule has 0 spiro atoms. The Morgan fingerprint density at radius 3 is 2.68 bits per heavy atom. The van der Waals surface area contributed by atoms with Gasteiger partial charge in [0.05, 0.1) is 11.8 Å². The molecule has 0 bridgehead atoms. The summed E-state index contributed by atoms with van der Waals surface area (Å²) < 4.78 is 37.6. The first-order valence-corrected chi connectivity index (χ1v) is 9.58. The first-order valence-electron chi connectivity index (χ1n) is 9.58. The van der Waals surface area contributed by atoms with E-state index in [2.05, 4.69) is 20.4 Å². The summed E-state index contributed by atoms with van der Waals surface area (Å²) in [5.41, 5.74) is 0.914. The molecule has 0 aliphatic carbocycles. The van der Waals surface area contributed by atoms with Gasteiger partial charge in [0, 0.05) is 18.4 Å². The first-order chi connectivity index (χ1) is 15.0. The Hall–Kier alpha value is -3.88. The van der Waals surface area contributed by atoms with Crippen LogP contribution in [0, 0.1) is 11.6 Å². The second-order valence-corrected chi connectivity index (χ2v) is 6.85. The van der Waals surface area contributed by atoms with Crippen LogP contribution in [-0.2, 0) is 11.2 Å². The van der Waals surface area contributed by atoms with Crippen molar-refractivity contribution in [3.05, 3.63) is 78.1 Å². The summed E-state index contributed by atoms with van der Waals surface area (Å²) in [5.74, 6) is 0.136. The number of aromatic nitrogens is 3. The van der Waals surface area contributed by atoms with Gasteiger partial charge in [-0.05, 0) is 43.3 Å². The van der Waals surface area contributed by atoms with Crippen molar-refractivity contribution in [1.29, 1.82) is 0 Å². The molecule has 1 atom stereocenters. The molecule has 9 heteroatoms. The highest BCUT2D eigenvalue weighted by Gasteiger charge is 2.18. The van der Waals surface area contributed by atoms with Gasteiger partial charge < -0.3 is 14.3 Å². The monoisotopic (exact) mass is 424 g/mol. The molecule has 2 heterocycles. The van der Waals surface area contributed by atoms with E-state index in [1.807, 2.05) is 0 Å². The highest BCUT2D eigenvalue weighted by Crippen LogP contribution is 2.24. The number of carbonyl (C=O) groups is 1. The SMILES string of the molecule is CC(NC(=O)CCc1ncc(-c2ccccc2F)o1)c1nc(-c2ccc(F)cc2)no1. The normalized spacial score (nSPS) is 12.0. The van der Waals surface area contributed by atoms with Crippen LogP contribution in [0.4, 0.5) is 8.78 Å². The Bertz CT molecular complexity index is 1190. The zero-order valence-electron chi connectivity index (χ0n) is 16.5. The van der Waals surface area contributed by atoms with Gasteiger partial charge in [0.2, 0.25) is 17.6 Å². The topological polar surface area (TPSA) is 94.1 Å². The van der Waals surface area contributed by atoms with Crippen LogP contribution in [0.25, 0.3) is 22.7 Å². The summed E-state index contributed by atoms with van der Waals surface area (Å²) in [5, 5.41) is 6.62. The van der Waals surface area contributed by atoms with Crippen LogP contribution in [-0.4, -0.2) is 21.0 Å². The molecular formula is C22H18F2N4O3. The second-order valence-electron chi connectivity index (χ2n) is 6.85. The predicted octanol–water partition coefficient (Wildman–Crippen LogP) is 4.48. The minimum Gasteiger partial charge on any atom is -0.441 e. The fraction of sp³-hybridized carbons (Fsp3) is 0.182. The van der Waals surface area contributed by atoms with Crippen LogP contribution < -0.4 is 5.32 Å². The van der Waals surface area contributed by atoms with Gasteiger partial charge >= 0.3 is 0 Å². The molecule has 31 heavy (non-hydrogen) atoms. The number of oxazole rings is 1. The quantitative estimate of drug-likeness (QED) is 0.470. The molecule has 4 rings (SSSR count). The maximum Gasteiger partial charge on any atom is 0.249 e. The lowest BCUT2D eigenvalue weighted by molar-refractivity contribution is -0.121. The van der Waals surface area contributed by atoms with E-state index in [-0.39, 0.29) is 30.5 Å². The van der Waals surface area contributed by atoms with Crippen LogP contribution in [0.3, 0.4) is 0 Å². The van der Waals surface area contributed by atoms with Gasteiger partial charge in [-0.1, -0.05) is 17.3 Å². The smallest absolute Gasteiger partial charge is 0.249 e. The van der Waals surface area contributed by atoms with Crippen molar-refractivity contribution >= 4 is 5.91 Å². The molecule has 1 unspecified atom stereocenters. The van der Waals surface area contributed by atoms with Gasteiger partial charge in [0.15, 0.2) is 11.7 Å². The minimum atomic E-state index is -0.521. The third-order valence-electron chi connectivity index (χ3n) is 4.55. The van der Waals surface area contributed by atoms with E-state index in [9.17, 15) is 13.6 Å². The van der Waals surface area contributed by atoms with Crippen LogP contribution in [0.1, 0.15) is 31.2 Å². The third kappa shape index (κ3) is 4.82.